The van der Waals surface area contributed by atoms with Gasteiger partial charge in [-0.1, -0.05) is 0 Å². The van der Waals surface area contributed by atoms with Crippen LogP contribution in [0.25, 0.3) is 0 Å². The average molecular weight is 444 g/mol. The molecule has 0 aromatic heterocycles. The second kappa shape index (κ2) is 17.8. The van der Waals surface area contributed by atoms with Crippen LogP contribution in [0.4, 0.5) is 4.79 Å². The van der Waals surface area contributed by atoms with Crippen LogP contribution in [-0.2, 0) is 4.74 Å². The Labute approximate surface area is 193 Å². The van der Waals surface area contributed by atoms with Crippen LogP contribution in [-0.4, -0.2) is 78.8 Å². The Balaban J connectivity index is 4.87. The van der Waals surface area contributed by atoms with Gasteiger partial charge >= 0.3 is 6.09 Å². The van der Waals surface area contributed by atoms with Crippen LogP contribution in [0.2, 0.25) is 0 Å². The molecule has 0 aromatic carbocycles. The molecule has 0 aliphatic rings. The topological polar surface area (TPSA) is 131 Å². The van der Waals surface area contributed by atoms with Crippen molar-refractivity contribution in [1.82, 2.24) is 14.7 Å². The first-order chi connectivity index (χ1) is 15.3. The van der Waals surface area contributed by atoms with Crippen molar-refractivity contribution in [2.24, 2.45) is 0 Å². The summed E-state index contributed by atoms with van der Waals surface area (Å²) in [6.45, 7) is 10.4. The van der Waals surface area contributed by atoms with Crippen molar-refractivity contribution in [2.75, 3.05) is 52.4 Å². The third-order valence-electron chi connectivity index (χ3n) is 4.62. The summed E-state index contributed by atoms with van der Waals surface area (Å²) in [5, 5.41) is 35.3. The molecule has 0 atom stereocenters. The number of nitriles is 4. The number of hydrogen-bond donors (Lipinski definition) is 0. The maximum Gasteiger partial charge on any atom is 0.410 e. The van der Waals surface area contributed by atoms with Gasteiger partial charge in [0.25, 0.3) is 0 Å². The highest BCUT2D eigenvalue weighted by molar-refractivity contribution is 5.68. The van der Waals surface area contributed by atoms with Crippen molar-refractivity contribution in [3.05, 3.63) is 0 Å². The maximum absolute atomic E-state index is 12.7. The maximum atomic E-state index is 12.7. The second-order valence-electron chi connectivity index (χ2n) is 8.49. The third kappa shape index (κ3) is 15.9. The van der Waals surface area contributed by atoms with Gasteiger partial charge in [0, 0.05) is 65.0 Å². The molecule has 32 heavy (non-hydrogen) atoms. The molecular weight excluding hydrogens is 406 g/mol. The first-order valence-corrected chi connectivity index (χ1v) is 11.2. The number of carbonyl (C=O) groups is 1. The Morgan fingerprint density at radius 3 is 1.28 bits per heavy atom. The number of ether oxygens (including phenoxy) is 1. The molecule has 0 saturated carbocycles. The van der Waals surface area contributed by atoms with E-state index in [4.69, 9.17) is 25.8 Å². The van der Waals surface area contributed by atoms with E-state index < -0.39 is 5.60 Å². The van der Waals surface area contributed by atoms with Crippen molar-refractivity contribution in [1.29, 1.82) is 21.0 Å². The fraction of sp³-hybridized carbons (Fsp3) is 0.783. The van der Waals surface area contributed by atoms with E-state index in [1.54, 1.807) is 4.90 Å². The van der Waals surface area contributed by atoms with Gasteiger partial charge in [0.1, 0.15) is 5.60 Å². The summed E-state index contributed by atoms with van der Waals surface area (Å²) in [6, 6.07) is 8.53. The number of rotatable bonds is 16. The lowest BCUT2D eigenvalue weighted by Crippen LogP contribution is -2.40. The Morgan fingerprint density at radius 1 is 0.656 bits per heavy atom. The summed E-state index contributed by atoms with van der Waals surface area (Å²) >= 11 is 0. The van der Waals surface area contributed by atoms with Crippen LogP contribution in [0.5, 0.6) is 0 Å². The SMILES string of the molecule is CC(C)(C)OC(=O)N(CCCN(CCC#N)CCC#N)CCCN(CCC#N)CCC#N. The Hall–Kier alpha value is -2.85. The van der Waals surface area contributed by atoms with Crippen molar-refractivity contribution < 1.29 is 9.53 Å². The number of amides is 1. The molecule has 0 aliphatic carbocycles. The molecule has 0 bridgehead atoms. The largest absolute Gasteiger partial charge is 0.444 e. The lowest BCUT2D eigenvalue weighted by molar-refractivity contribution is 0.0236. The Morgan fingerprint density at radius 2 is 1.00 bits per heavy atom. The van der Waals surface area contributed by atoms with E-state index in [9.17, 15) is 4.79 Å². The molecule has 0 N–H and O–H groups in total. The molecular formula is C23H37N7O2. The van der Waals surface area contributed by atoms with E-state index in [1.807, 2.05) is 20.8 Å². The predicted molar refractivity (Wildman–Crippen MR) is 121 cm³/mol. The zero-order valence-corrected chi connectivity index (χ0v) is 19.8. The lowest BCUT2D eigenvalue weighted by atomic mass is 10.2. The van der Waals surface area contributed by atoms with Crippen LogP contribution in [0.3, 0.4) is 0 Å². The van der Waals surface area contributed by atoms with Gasteiger partial charge in [0.2, 0.25) is 0 Å². The highest BCUT2D eigenvalue weighted by atomic mass is 16.6. The molecule has 0 fully saturated rings. The molecule has 9 heteroatoms. The van der Waals surface area contributed by atoms with Gasteiger partial charge in [-0.3, -0.25) is 0 Å². The van der Waals surface area contributed by atoms with Crippen molar-refractivity contribution in [2.45, 2.75) is 64.9 Å². The minimum atomic E-state index is -0.591. The molecule has 9 nitrogen and oxygen atoms in total. The molecule has 0 heterocycles. The van der Waals surface area contributed by atoms with Crippen LogP contribution in [0, 0.1) is 45.3 Å². The standard InChI is InChI=1S/C23H37N7O2/c1-23(2,3)32-22(31)30(20-8-18-28(14-4-10-24)15-5-11-25)21-9-19-29(16-6-12-26)17-7-13-27/h4-9,14-21H2,1-3H3. The number of hydrogen-bond acceptors (Lipinski definition) is 8. The molecule has 0 aliphatic heterocycles. The van der Waals surface area contributed by atoms with Crippen LogP contribution in [0.1, 0.15) is 59.3 Å². The first kappa shape index (κ1) is 29.1. The van der Waals surface area contributed by atoms with Crippen LogP contribution in [0.15, 0.2) is 0 Å². The van der Waals surface area contributed by atoms with Gasteiger partial charge in [-0.05, 0) is 46.7 Å². The Kier molecular flexibility index (Phi) is 16.2. The smallest absolute Gasteiger partial charge is 0.410 e. The minimum Gasteiger partial charge on any atom is -0.444 e. The molecule has 176 valence electrons. The monoisotopic (exact) mass is 443 g/mol. The van der Waals surface area contributed by atoms with E-state index >= 15 is 0 Å². The fourth-order valence-corrected chi connectivity index (χ4v) is 3.09. The molecule has 0 spiro atoms. The first-order valence-electron chi connectivity index (χ1n) is 11.2. The summed E-state index contributed by atoms with van der Waals surface area (Å²) in [6.07, 6.45) is 2.68. The summed E-state index contributed by atoms with van der Waals surface area (Å²) in [5.74, 6) is 0. The molecule has 0 aromatic rings. The summed E-state index contributed by atoms with van der Waals surface area (Å²) in [5.41, 5.74) is -0.591. The lowest BCUT2D eigenvalue weighted by Gasteiger charge is -2.29. The predicted octanol–water partition coefficient (Wildman–Crippen LogP) is 3.26. The van der Waals surface area contributed by atoms with Gasteiger partial charge in [0.05, 0.1) is 24.3 Å². The van der Waals surface area contributed by atoms with E-state index in [2.05, 4.69) is 34.1 Å². The normalized spacial score (nSPS) is 10.8. The van der Waals surface area contributed by atoms with Gasteiger partial charge < -0.3 is 19.4 Å². The number of carbonyl (C=O) groups excluding carboxylic acids is 1. The van der Waals surface area contributed by atoms with Crippen LogP contribution < -0.4 is 0 Å². The summed E-state index contributed by atoms with van der Waals surface area (Å²) in [4.78, 5) is 18.6. The van der Waals surface area contributed by atoms with Crippen molar-refractivity contribution >= 4 is 6.09 Å². The van der Waals surface area contributed by atoms with E-state index in [1.165, 1.54) is 0 Å². The summed E-state index contributed by atoms with van der Waals surface area (Å²) < 4.78 is 5.56. The van der Waals surface area contributed by atoms with Gasteiger partial charge in [-0.25, -0.2) is 4.79 Å². The highest BCUT2D eigenvalue weighted by Gasteiger charge is 2.22. The third-order valence-corrected chi connectivity index (χ3v) is 4.62. The molecule has 0 radical (unpaired) electrons. The van der Waals surface area contributed by atoms with Crippen LogP contribution >= 0.6 is 0 Å². The Bertz CT molecular complexity index is 610. The molecule has 1 amide bonds. The second-order valence-corrected chi connectivity index (χ2v) is 8.49. The van der Waals surface area contributed by atoms with E-state index in [0.29, 0.717) is 90.9 Å². The highest BCUT2D eigenvalue weighted by Crippen LogP contribution is 2.11. The summed E-state index contributed by atoms with van der Waals surface area (Å²) in [7, 11) is 0. The zero-order valence-electron chi connectivity index (χ0n) is 19.8. The van der Waals surface area contributed by atoms with E-state index in [0.717, 1.165) is 0 Å². The fourth-order valence-electron chi connectivity index (χ4n) is 3.09. The number of nitrogens with zero attached hydrogens (tertiary/aromatic N) is 7. The molecule has 0 unspecified atom stereocenters. The van der Waals surface area contributed by atoms with Crippen molar-refractivity contribution in [3.8, 4) is 24.3 Å². The minimum absolute atomic E-state index is 0.362. The average Bonchev–Trinajstić information content (AvgIpc) is 2.74. The van der Waals surface area contributed by atoms with Crippen molar-refractivity contribution in [3.63, 3.8) is 0 Å². The zero-order chi connectivity index (χ0) is 24.2. The molecule has 0 rings (SSSR count). The molecule has 0 saturated heterocycles. The van der Waals surface area contributed by atoms with Gasteiger partial charge in [0.15, 0.2) is 0 Å². The van der Waals surface area contributed by atoms with Gasteiger partial charge in [-0.15, -0.1) is 0 Å². The van der Waals surface area contributed by atoms with E-state index in [-0.39, 0.29) is 6.09 Å². The van der Waals surface area contributed by atoms with Gasteiger partial charge in [-0.2, -0.15) is 21.0 Å². The quantitative estimate of drug-likeness (QED) is 0.355.